The Morgan fingerprint density at radius 3 is 2.30 bits per heavy atom. The number of Topliss-reactive ketones (excluding diaryl/α,β-unsaturated/α-hetero) is 1. The van der Waals surface area contributed by atoms with Crippen molar-refractivity contribution in [2.75, 3.05) is 13.1 Å². The van der Waals surface area contributed by atoms with Crippen molar-refractivity contribution in [1.29, 1.82) is 0 Å². The van der Waals surface area contributed by atoms with Crippen molar-refractivity contribution in [3.05, 3.63) is 46.8 Å². The van der Waals surface area contributed by atoms with Gasteiger partial charge in [-0.05, 0) is 20.8 Å². The molecule has 2 aromatic rings. The number of carbonyl (C=O) groups excluding carboxylic acids is 2. The molecule has 0 atom stereocenters. The lowest BCUT2D eigenvalue weighted by Gasteiger charge is -2.08. The molecule has 8 nitrogen and oxygen atoms in total. The molecule has 1 heterocycles. The highest BCUT2D eigenvalue weighted by atomic mass is 32.2. The molecule has 9 heteroatoms. The summed E-state index contributed by atoms with van der Waals surface area (Å²) < 4.78 is 26.9. The van der Waals surface area contributed by atoms with Crippen molar-refractivity contribution in [2.24, 2.45) is 0 Å². The number of aryl methyl sites for hydroxylation is 3. The minimum absolute atomic E-state index is 0.0457. The first-order valence-corrected chi connectivity index (χ1v) is 10.1. The van der Waals surface area contributed by atoms with Crippen molar-refractivity contribution in [1.82, 2.24) is 20.2 Å². The zero-order valence-corrected chi connectivity index (χ0v) is 16.4. The highest BCUT2D eigenvalue weighted by Gasteiger charge is 2.21. The molecule has 3 N–H and O–H groups in total. The molecular formula is C18H24N4O4S. The third kappa shape index (κ3) is 5.73. The lowest BCUT2D eigenvalue weighted by Crippen LogP contribution is -2.35. The quantitative estimate of drug-likeness (QED) is 0.440. The van der Waals surface area contributed by atoms with Gasteiger partial charge >= 0.3 is 0 Å². The van der Waals surface area contributed by atoms with Gasteiger partial charge in [-0.25, -0.2) is 13.1 Å². The fraction of sp³-hybridized carbons (Fsp3) is 0.389. The van der Waals surface area contributed by atoms with E-state index in [9.17, 15) is 18.0 Å². The van der Waals surface area contributed by atoms with Crippen LogP contribution in [0.4, 0.5) is 0 Å². The number of benzene rings is 1. The summed E-state index contributed by atoms with van der Waals surface area (Å²) in [5.41, 5.74) is 2.48. The van der Waals surface area contributed by atoms with Gasteiger partial charge in [0.1, 0.15) is 4.90 Å². The predicted molar refractivity (Wildman–Crippen MR) is 101 cm³/mol. The summed E-state index contributed by atoms with van der Waals surface area (Å²) in [7, 11) is -3.69. The number of ketones is 1. The Labute approximate surface area is 158 Å². The van der Waals surface area contributed by atoms with Crippen LogP contribution in [0, 0.1) is 20.8 Å². The van der Waals surface area contributed by atoms with Gasteiger partial charge in [-0.1, -0.05) is 29.8 Å². The molecule has 0 bridgehead atoms. The molecule has 27 heavy (non-hydrogen) atoms. The van der Waals surface area contributed by atoms with Gasteiger partial charge in [0.05, 0.1) is 11.4 Å². The summed E-state index contributed by atoms with van der Waals surface area (Å²) in [5.74, 6) is -0.401. The van der Waals surface area contributed by atoms with Crippen LogP contribution in [0.5, 0.6) is 0 Å². The van der Waals surface area contributed by atoms with Crippen molar-refractivity contribution in [3.8, 4) is 0 Å². The third-order valence-electron chi connectivity index (χ3n) is 4.02. The summed E-state index contributed by atoms with van der Waals surface area (Å²) in [4.78, 5) is 24.0. The number of aromatic nitrogens is 2. The molecule has 0 unspecified atom stereocenters. The molecule has 1 aromatic heterocycles. The fourth-order valence-electron chi connectivity index (χ4n) is 2.60. The standard InChI is InChI=1S/C18H24N4O4S/c1-12-4-6-15(7-5-12)16(23)8-9-17(24)19-10-11-20-27(25,26)18-13(2)21-22-14(18)3/h4-7,20H,8-11H2,1-3H3,(H,19,24)(H,21,22). The molecule has 2 rings (SSSR count). The summed E-state index contributed by atoms with van der Waals surface area (Å²) in [6.45, 7) is 5.34. The van der Waals surface area contributed by atoms with Crippen LogP contribution >= 0.6 is 0 Å². The first kappa shape index (κ1) is 20.8. The highest BCUT2D eigenvalue weighted by Crippen LogP contribution is 2.15. The lowest BCUT2D eigenvalue weighted by molar-refractivity contribution is -0.121. The molecule has 0 saturated carbocycles. The molecule has 0 aliphatic rings. The van der Waals surface area contributed by atoms with Crippen LogP contribution in [-0.4, -0.2) is 43.4 Å². The maximum absolute atomic E-state index is 12.2. The van der Waals surface area contributed by atoms with E-state index in [4.69, 9.17) is 0 Å². The number of amides is 1. The molecule has 0 aliphatic carbocycles. The van der Waals surface area contributed by atoms with Gasteiger partial charge in [-0.3, -0.25) is 14.7 Å². The van der Waals surface area contributed by atoms with E-state index in [0.717, 1.165) is 5.56 Å². The molecule has 0 radical (unpaired) electrons. The van der Waals surface area contributed by atoms with Crippen LogP contribution in [0.3, 0.4) is 0 Å². The second-order valence-corrected chi connectivity index (χ2v) is 8.00. The number of rotatable bonds is 9. The van der Waals surface area contributed by atoms with Crippen LogP contribution in [0.25, 0.3) is 0 Å². The number of nitrogens with zero attached hydrogens (tertiary/aromatic N) is 1. The zero-order chi connectivity index (χ0) is 20.0. The highest BCUT2D eigenvalue weighted by molar-refractivity contribution is 7.89. The average Bonchev–Trinajstić information content (AvgIpc) is 2.96. The molecule has 0 aliphatic heterocycles. The van der Waals surface area contributed by atoms with Crippen molar-refractivity contribution < 1.29 is 18.0 Å². The van der Waals surface area contributed by atoms with Gasteiger partial charge in [0.15, 0.2) is 5.78 Å². The van der Waals surface area contributed by atoms with E-state index in [1.165, 1.54) is 0 Å². The van der Waals surface area contributed by atoms with Crippen LogP contribution in [0.2, 0.25) is 0 Å². The number of hydrogen-bond donors (Lipinski definition) is 3. The number of H-pyrrole nitrogens is 1. The smallest absolute Gasteiger partial charge is 0.244 e. The second kappa shape index (κ2) is 8.92. The lowest BCUT2D eigenvalue weighted by atomic mass is 10.1. The normalized spacial score (nSPS) is 11.4. The van der Waals surface area contributed by atoms with Gasteiger partial charge < -0.3 is 5.32 Å². The molecule has 1 amide bonds. The van der Waals surface area contributed by atoms with Gasteiger partial charge in [0.25, 0.3) is 0 Å². The number of nitrogens with one attached hydrogen (secondary N) is 3. The Morgan fingerprint density at radius 1 is 1.04 bits per heavy atom. The minimum Gasteiger partial charge on any atom is -0.355 e. The first-order valence-electron chi connectivity index (χ1n) is 8.58. The largest absolute Gasteiger partial charge is 0.355 e. The number of sulfonamides is 1. The minimum atomic E-state index is -3.69. The number of aromatic amines is 1. The summed E-state index contributed by atoms with van der Waals surface area (Å²) in [5, 5.41) is 9.09. The molecule has 0 fully saturated rings. The van der Waals surface area contributed by atoms with Crippen LogP contribution < -0.4 is 10.0 Å². The summed E-state index contributed by atoms with van der Waals surface area (Å²) in [6, 6.07) is 7.18. The predicted octanol–water partition coefficient (Wildman–Crippen LogP) is 1.39. The molecule has 146 valence electrons. The van der Waals surface area contributed by atoms with Crippen LogP contribution in [-0.2, 0) is 14.8 Å². The van der Waals surface area contributed by atoms with E-state index >= 15 is 0 Å². The van der Waals surface area contributed by atoms with E-state index in [0.29, 0.717) is 17.0 Å². The van der Waals surface area contributed by atoms with E-state index in [-0.39, 0.29) is 42.5 Å². The van der Waals surface area contributed by atoms with E-state index in [1.54, 1.807) is 26.0 Å². The van der Waals surface area contributed by atoms with Crippen LogP contribution in [0.1, 0.15) is 40.2 Å². The zero-order valence-electron chi connectivity index (χ0n) is 15.6. The maximum atomic E-state index is 12.2. The number of hydrogen-bond acceptors (Lipinski definition) is 5. The maximum Gasteiger partial charge on any atom is 0.244 e. The average molecular weight is 392 g/mol. The van der Waals surface area contributed by atoms with Gasteiger partial charge in [0, 0.05) is 31.5 Å². The Morgan fingerprint density at radius 2 is 1.70 bits per heavy atom. The molecule has 1 aromatic carbocycles. The van der Waals surface area contributed by atoms with Gasteiger partial charge in [-0.2, -0.15) is 5.10 Å². The Balaban J connectivity index is 1.73. The van der Waals surface area contributed by atoms with Gasteiger partial charge in [-0.15, -0.1) is 0 Å². The SMILES string of the molecule is Cc1ccc(C(=O)CCC(=O)NCCNS(=O)(=O)c2c(C)n[nH]c2C)cc1. The van der Waals surface area contributed by atoms with Crippen molar-refractivity contribution in [3.63, 3.8) is 0 Å². The monoisotopic (exact) mass is 392 g/mol. The number of carbonyl (C=O) groups is 2. The van der Waals surface area contributed by atoms with E-state index in [1.807, 2.05) is 19.1 Å². The van der Waals surface area contributed by atoms with Crippen molar-refractivity contribution in [2.45, 2.75) is 38.5 Å². The summed E-state index contributed by atoms with van der Waals surface area (Å²) in [6.07, 6.45) is 0.160. The molecule has 0 saturated heterocycles. The topological polar surface area (TPSA) is 121 Å². The van der Waals surface area contributed by atoms with E-state index < -0.39 is 10.0 Å². The van der Waals surface area contributed by atoms with E-state index in [2.05, 4.69) is 20.2 Å². The molecular weight excluding hydrogens is 368 g/mol. The molecule has 0 spiro atoms. The first-order chi connectivity index (χ1) is 12.7. The second-order valence-electron chi connectivity index (χ2n) is 6.30. The third-order valence-corrected chi connectivity index (χ3v) is 5.74. The fourth-order valence-corrected chi connectivity index (χ4v) is 3.99. The Hall–Kier alpha value is -2.52. The summed E-state index contributed by atoms with van der Waals surface area (Å²) >= 11 is 0. The Kier molecular flexibility index (Phi) is 6.86. The Bertz CT molecular complexity index is 898. The van der Waals surface area contributed by atoms with Gasteiger partial charge in [0.2, 0.25) is 15.9 Å². The van der Waals surface area contributed by atoms with Crippen molar-refractivity contribution >= 4 is 21.7 Å². The van der Waals surface area contributed by atoms with Crippen LogP contribution in [0.15, 0.2) is 29.2 Å².